The van der Waals surface area contributed by atoms with Gasteiger partial charge in [0.1, 0.15) is 0 Å². The van der Waals surface area contributed by atoms with Crippen molar-refractivity contribution in [3.05, 3.63) is 0 Å². The van der Waals surface area contributed by atoms with E-state index < -0.39 is 0 Å². The molecule has 0 aromatic rings. The quantitative estimate of drug-likeness (QED) is 0.803. The van der Waals surface area contributed by atoms with E-state index in [0.29, 0.717) is 12.5 Å². The first kappa shape index (κ1) is 14.1. The summed E-state index contributed by atoms with van der Waals surface area (Å²) < 4.78 is 5.47. The maximum atomic E-state index is 12.3. The van der Waals surface area contributed by atoms with Crippen molar-refractivity contribution >= 4 is 17.5 Å². The van der Waals surface area contributed by atoms with Gasteiger partial charge in [0.2, 0.25) is 5.91 Å². The minimum atomic E-state index is -0.173. The smallest absolute Gasteiger partial charge is 0.226 e. The third kappa shape index (κ3) is 3.00. The highest BCUT2D eigenvalue weighted by Gasteiger charge is 2.38. The van der Waals surface area contributed by atoms with Crippen molar-refractivity contribution in [3.8, 4) is 0 Å². The molecule has 1 heterocycles. The number of hydrogen-bond donors (Lipinski definition) is 1. The van der Waals surface area contributed by atoms with E-state index >= 15 is 0 Å². The van der Waals surface area contributed by atoms with Crippen LogP contribution in [0.4, 0.5) is 0 Å². The van der Waals surface area contributed by atoms with Gasteiger partial charge in [0.15, 0.2) is 0 Å². The Morgan fingerprint density at radius 2 is 2.00 bits per heavy atom. The zero-order valence-electron chi connectivity index (χ0n) is 11.4. The maximum absolute atomic E-state index is 12.3. The fraction of sp³-hybridized carbons (Fsp3) is 0.929. The van der Waals surface area contributed by atoms with Crippen LogP contribution >= 0.6 is 11.6 Å². The number of alkyl halides is 1. The molecule has 1 aliphatic carbocycles. The summed E-state index contributed by atoms with van der Waals surface area (Å²) in [6.07, 6.45) is 5.20. The second kappa shape index (κ2) is 5.79. The van der Waals surface area contributed by atoms with Crippen molar-refractivity contribution < 1.29 is 9.53 Å². The van der Waals surface area contributed by atoms with Crippen molar-refractivity contribution in [1.82, 2.24) is 5.32 Å². The fourth-order valence-electron chi connectivity index (χ4n) is 3.04. The number of carbonyl (C=O) groups is 1. The number of halogens is 1. The molecule has 2 rings (SSSR count). The molecule has 1 saturated heterocycles. The van der Waals surface area contributed by atoms with Gasteiger partial charge in [-0.3, -0.25) is 4.79 Å². The molecule has 1 saturated carbocycles. The molecule has 2 atom stereocenters. The molecule has 104 valence electrons. The first-order chi connectivity index (χ1) is 8.56. The predicted octanol–water partition coefficient (Wildman–Crippen LogP) is 2.72. The summed E-state index contributed by atoms with van der Waals surface area (Å²) in [7, 11) is 0. The first-order valence-corrected chi connectivity index (χ1v) is 7.59. The molecule has 0 aromatic heterocycles. The van der Waals surface area contributed by atoms with E-state index in [-0.39, 0.29) is 23.5 Å². The molecule has 4 heteroatoms. The number of amides is 1. The monoisotopic (exact) mass is 273 g/mol. The molecule has 0 spiro atoms. The zero-order chi connectivity index (χ0) is 13.2. The third-order valence-corrected chi connectivity index (χ3v) is 5.10. The van der Waals surface area contributed by atoms with Crippen LogP contribution in [0.3, 0.4) is 0 Å². The molecule has 3 nitrogen and oxygen atoms in total. The second-order valence-electron chi connectivity index (χ2n) is 6.06. The summed E-state index contributed by atoms with van der Waals surface area (Å²) in [5.41, 5.74) is -0.173. The Kier molecular flexibility index (Phi) is 4.54. The van der Waals surface area contributed by atoms with E-state index in [1.165, 1.54) is 0 Å². The van der Waals surface area contributed by atoms with Gasteiger partial charge in [-0.25, -0.2) is 0 Å². The van der Waals surface area contributed by atoms with E-state index in [9.17, 15) is 4.79 Å². The van der Waals surface area contributed by atoms with Crippen LogP contribution < -0.4 is 5.32 Å². The summed E-state index contributed by atoms with van der Waals surface area (Å²) in [5, 5.41) is 3.22. The van der Waals surface area contributed by atoms with Crippen molar-refractivity contribution in [1.29, 1.82) is 0 Å². The molecule has 1 amide bonds. The highest BCUT2D eigenvalue weighted by atomic mass is 35.5. The van der Waals surface area contributed by atoms with Gasteiger partial charge >= 0.3 is 0 Å². The molecular weight excluding hydrogens is 250 g/mol. The van der Waals surface area contributed by atoms with Gasteiger partial charge in [-0.05, 0) is 44.9 Å². The maximum Gasteiger partial charge on any atom is 0.226 e. The highest BCUT2D eigenvalue weighted by molar-refractivity contribution is 6.18. The molecular formula is C14H24ClNO2. The fourth-order valence-corrected chi connectivity index (χ4v) is 3.37. The normalized spacial score (nSPS) is 40.7. The Morgan fingerprint density at radius 3 is 2.50 bits per heavy atom. The summed E-state index contributed by atoms with van der Waals surface area (Å²) >= 11 is 6.13. The molecule has 2 aliphatic rings. The zero-order valence-corrected chi connectivity index (χ0v) is 12.1. The van der Waals surface area contributed by atoms with Crippen LogP contribution in [0.2, 0.25) is 0 Å². The van der Waals surface area contributed by atoms with Gasteiger partial charge in [0.25, 0.3) is 0 Å². The topological polar surface area (TPSA) is 38.3 Å². The SMILES string of the molecule is CC1CCC(CCl)(NC(=O)C2CCOC2C)CC1. The average molecular weight is 274 g/mol. The van der Waals surface area contributed by atoms with Gasteiger partial charge < -0.3 is 10.1 Å². The molecule has 2 unspecified atom stereocenters. The Bertz CT molecular complexity index is 300. The Balaban J connectivity index is 1.95. The molecule has 0 radical (unpaired) electrons. The van der Waals surface area contributed by atoms with E-state index in [1.807, 2.05) is 6.92 Å². The van der Waals surface area contributed by atoms with Gasteiger partial charge in [-0.15, -0.1) is 11.6 Å². The van der Waals surface area contributed by atoms with E-state index in [4.69, 9.17) is 16.3 Å². The van der Waals surface area contributed by atoms with Gasteiger partial charge in [0, 0.05) is 12.5 Å². The van der Waals surface area contributed by atoms with Crippen LogP contribution in [0.5, 0.6) is 0 Å². The van der Waals surface area contributed by atoms with Gasteiger partial charge in [-0.1, -0.05) is 6.92 Å². The van der Waals surface area contributed by atoms with Crippen LogP contribution in [0.15, 0.2) is 0 Å². The second-order valence-corrected chi connectivity index (χ2v) is 6.32. The molecule has 1 N–H and O–H groups in total. The molecule has 0 bridgehead atoms. The minimum Gasteiger partial charge on any atom is -0.378 e. The standard InChI is InChI=1S/C14H24ClNO2/c1-10-3-6-14(9-15,7-4-10)16-13(17)12-5-8-18-11(12)2/h10-12H,3-9H2,1-2H3,(H,16,17). The lowest BCUT2D eigenvalue weighted by Crippen LogP contribution is -2.54. The van der Waals surface area contributed by atoms with Crippen LogP contribution in [-0.4, -0.2) is 30.0 Å². The van der Waals surface area contributed by atoms with Crippen LogP contribution in [-0.2, 0) is 9.53 Å². The molecule has 2 fully saturated rings. The lowest BCUT2D eigenvalue weighted by Gasteiger charge is -2.39. The molecule has 18 heavy (non-hydrogen) atoms. The van der Waals surface area contributed by atoms with Crippen molar-refractivity contribution in [2.24, 2.45) is 11.8 Å². The number of carbonyl (C=O) groups excluding carboxylic acids is 1. The average Bonchev–Trinajstić information content (AvgIpc) is 2.79. The number of ether oxygens (including phenoxy) is 1. The predicted molar refractivity (Wildman–Crippen MR) is 72.7 cm³/mol. The van der Waals surface area contributed by atoms with Crippen LogP contribution in [0.1, 0.15) is 46.0 Å². The van der Waals surface area contributed by atoms with E-state index in [1.54, 1.807) is 0 Å². The lowest BCUT2D eigenvalue weighted by atomic mass is 9.78. The summed E-state index contributed by atoms with van der Waals surface area (Å²) in [5.74, 6) is 1.42. The van der Waals surface area contributed by atoms with E-state index in [2.05, 4.69) is 12.2 Å². The lowest BCUT2D eigenvalue weighted by molar-refractivity contribution is -0.128. The Hall–Kier alpha value is -0.280. The third-order valence-electron chi connectivity index (χ3n) is 4.59. The van der Waals surface area contributed by atoms with Crippen molar-refractivity contribution in [2.75, 3.05) is 12.5 Å². The first-order valence-electron chi connectivity index (χ1n) is 7.06. The molecule has 1 aliphatic heterocycles. The van der Waals surface area contributed by atoms with Crippen LogP contribution in [0, 0.1) is 11.8 Å². The number of rotatable bonds is 3. The number of nitrogens with one attached hydrogen (secondary N) is 1. The highest BCUT2D eigenvalue weighted by Crippen LogP contribution is 2.33. The van der Waals surface area contributed by atoms with Crippen molar-refractivity contribution in [3.63, 3.8) is 0 Å². The molecule has 0 aromatic carbocycles. The van der Waals surface area contributed by atoms with Crippen molar-refractivity contribution in [2.45, 2.75) is 57.6 Å². The van der Waals surface area contributed by atoms with E-state index in [0.717, 1.165) is 38.0 Å². The summed E-state index contributed by atoms with van der Waals surface area (Å²) in [6.45, 7) is 4.95. The Morgan fingerprint density at radius 1 is 1.33 bits per heavy atom. The summed E-state index contributed by atoms with van der Waals surface area (Å²) in [4.78, 5) is 12.3. The summed E-state index contributed by atoms with van der Waals surface area (Å²) in [6, 6.07) is 0. The Labute approximate surface area is 115 Å². The number of hydrogen-bond acceptors (Lipinski definition) is 2. The largest absolute Gasteiger partial charge is 0.378 e. The van der Waals surface area contributed by atoms with Crippen LogP contribution in [0.25, 0.3) is 0 Å². The van der Waals surface area contributed by atoms with Gasteiger partial charge in [-0.2, -0.15) is 0 Å². The minimum absolute atomic E-state index is 0.00411. The van der Waals surface area contributed by atoms with Gasteiger partial charge in [0.05, 0.1) is 17.6 Å².